The molecule has 1 atom stereocenters. The van der Waals surface area contributed by atoms with E-state index < -0.39 is 18.1 Å². The number of carbonyl (C=O) groups excluding carboxylic acids is 1. The molecule has 1 unspecified atom stereocenters. The molecule has 1 aromatic heterocycles. The number of aromatic hydroxyl groups is 1. The maximum Gasteiger partial charge on any atom is 0.273 e. The molecule has 1 aliphatic heterocycles. The summed E-state index contributed by atoms with van der Waals surface area (Å²) in [6.07, 6.45) is 0.576. The summed E-state index contributed by atoms with van der Waals surface area (Å²) in [5, 5.41) is 24.5. The summed E-state index contributed by atoms with van der Waals surface area (Å²) in [4.78, 5) is 12.1. The molecule has 0 bridgehead atoms. The Kier molecular flexibility index (Phi) is 3.43. The third-order valence-corrected chi connectivity index (χ3v) is 4.09. The number of amides is 1. The van der Waals surface area contributed by atoms with Gasteiger partial charge < -0.3 is 25.4 Å². The summed E-state index contributed by atoms with van der Waals surface area (Å²) in [6, 6.07) is 12.6. The van der Waals surface area contributed by atoms with Crippen molar-refractivity contribution in [1.29, 1.82) is 0 Å². The van der Waals surface area contributed by atoms with E-state index in [1.54, 1.807) is 41.1 Å². The zero-order valence-corrected chi connectivity index (χ0v) is 12.9. The van der Waals surface area contributed by atoms with E-state index in [1.165, 1.54) is 18.2 Å². The highest BCUT2D eigenvalue weighted by Crippen LogP contribution is 2.32. The van der Waals surface area contributed by atoms with Gasteiger partial charge in [0, 0.05) is 11.9 Å². The predicted molar refractivity (Wildman–Crippen MR) is 89.9 cm³/mol. The fraction of sp³-hybridized carbons (Fsp3) is 0.0556. The van der Waals surface area contributed by atoms with E-state index in [1.807, 2.05) is 0 Å². The number of nitrogens with zero attached hydrogens (tertiary/aromatic N) is 1. The topological polar surface area (TPSA) is 86.5 Å². The molecule has 126 valence electrons. The van der Waals surface area contributed by atoms with Crippen LogP contribution in [0.5, 0.6) is 5.75 Å². The minimum atomic E-state index is -1.12. The highest BCUT2D eigenvalue weighted by atomic mass is 19.1. The van der Waals surface area contributed by atoms with E-state index in [-0.39, 0.29) is 11.3 Å². The number of benzene rings is 2. The van der Waals surface area contributed by atoms with E-state index in [0.29, 0.717) is 22.6 Å². The van der Waals surface area contributed by atoms with Crippen LogP contribution in [0.3, 0.4) is 0 Å². The van der Waals surface area contributed by atoms with E-state index >= 15 is 0 Å². The molecule has 2 aromatic carbocycles. The van der Waals surface area contributed by atoms with Crippen LogP contribution in [0, 0.1) is 5.82 Å². The van der Waals surface area contributed by atoms with E-state index in [4.69, 9.17) is 0 Å². The lowest BCUT2D eigenvalue weighted by Gasteiger charge is -2.22. The second kappa shape index (κ2) is 5.64. The number of halogens is 1. The van der Waals surface area contributed by atoms with E-state index in [2.05, 4.69) is 10.6 Å². The van der Waals surface area contributed by atoms with Gasteiger partial charge in [0.2, 0.25) is 6.35 Å². The Morgan fingerprint density at radius 2 is 1.80 bits per heavy atom. The monoisotopic (exact) mass is 339 g/mol. The number of nitrogens with one attached hydrogen (secondary N) is 2. The first kappa shape index (κ1) is 15.2. The molecule has 1 aliphatic rings. The minimum Gasteiger partial charge on any atom is -0.507 e. The van der Waals surface area contributed by atoms with Crippen LogP contribution in [-0.2, 0) is 0 Å². The standard InChI is InChI=1S/C18H14FN3O3/c19-12-2-1-3-14(23)15(12)10-4-6-11(7-5-10)22-9-8-13-16(22)17(24)21-18(25)20-13/h1-9,18,20,23,25H,(H,21,24). The van der Waals surface area contributed by atoms with Gasteiger partial charge in [-0.05, 0) is 35.9 Å². The van der Waals surface area contributed by atoms with Gasteiger partial charge in [0.05, 0.1) is 11.3 Å². The van der Waals surface area contributed by atoms with Crippen LogP contribution < -0.4 is 10.6 Å². The number of anilines is 1. The summed E-state index contributed by atoms with van der Waals surface area (Å²) in [6.45, 7) is 0. The third kappa shape index (κ3) is 2.50. The number of aromatic nitrogens is 1. The summed E-state index contributed by atoms with van der Waals surface area (Å²) >= 11 is 0. The second-order valence-corrected chi connectivity index (χ2v) is 5.65. The van der Waals surface area contributed by atoms with Gasteiger partial charge in [-0.2, -0.15) is 0 Å². The largest absolute Gasteiger partial charge is 0.507 e. The summed E-state index contributed by atoms with van der Waals surface area (Å²) in [5.74, 6) is -1.05. The van der Waals surface area contributed by atoms with Crippen molar-refractivity contribution in [2.24, 2.45) is 0 Å². The molecule has 1 amide bonds. The Morgan fingerprint density at radius 3 is 2.52 bits per heavy atom. The quantitative estimate of drug-likeness (QED) is 0.578. The molecule has 3 aromatic rings. The van der Waals surface area contributed by atoms with Crippen molar-refractivity contribution in [2.45, 2.75) is 6.35 Å². The van der Waals surface area contributed by atoms with Crippen molar-refractivity contribution < 1.29 is 19.4 Å². The molecular weight excluding hydrogens is 325 g/mol. The molecule has 4 rings (SSSR count). The zero-order valence-electron chi connectivity index (χ0n) is 12.9. The summed E-state index contributed by atoms with van der Waals surface area (Å²) in [5.41, 5.74) is 2.23. The molecule has 0 saturated carbocycles. The smallest absolute Gasteiger partial charge is 0.273 e. The first-order chi connectivity index (χ1) is 12.0. The van der Waals surface area contributed by atoms with Gasteiger partial charge in [-0.1, -0.05) is 18.2 Å². The molecule has 25 heavy (non-hydrogen) atoms. The van der Waals surface area contributed by atoms with Crippen molar-refractivity contribution in [3.63, 3.8) is 0 Å². The molecule has 4 N–H and O–H groups in total. The van der Waals surface area contributed by atoms with E-state index in [9.17, 15) is 19.4 Å². The van der Waals surface area contributed by atoms with Crippen LogP contribution in [-0.4, -0.2) is 27.0 Å². The SMILES string of the molecule is O=C1NC(O)Nc2ccn(-c3ccc(-c4c(O)cccc4F)cc3)c21. The number of hydrogen-bond donors (Lipinski definition) is 4. The van der Waals surface area contributed by atoms with Gasteiger partial charge in [-0.3, -0.25) is 4.79 Å². The number of aliphatic hydroxyl groups is 1. The summed E-state index contributed by atoms with van der Waals surface area (Å²) < 4.78 is 15.6. The Balaban J connectivity index is 1.74. The van der Waals surface area contributed by atoms with Crippen molar-refractivity contribution in [2.75, 3.05) is 5.32 Å². The van der Waals surface area contributed by atoms with Crippen molar-refractivity contribution in [3.05, 3.63) is 66.2 Å². The van der Waals surface area contributed by atoms with Crippen molar-refractivity contribution in [3.8, 4) is 22.6 Å². The average Bonchev–Trinajstić information content (AvgIpc) is 2.99. The lowest BCUT2D eigenvalue weighted by Crippen LogP contribution is -2.45. The van der Waals surface area contributed by atoms with Gasteiger partial charge >= 0.3 is 0 Å². The van der Waals surface area contributed by atoms with Crippen LogP contribution in [0.1, 0.15) is 10.5 Å². The second-order valence-electron chi connectivity index (χ2n) is 5.65. The van der Waals surface area contributed by atoms with Gasteiger partial charge in [0.1, 0.15) is 17.3 Å². The molecule has 2 heterocycles. The Bertz CT molecular complexity index is 946. The van der Waals surface area contributed by atoms with Crippen molar-refractivity contribution >= 4 is 11.6 Å². The molecule has 0 fully saturated rings. The molecule has 6 nitrogen and oxygen atoms in total. The van der Waals surface area contributed by atoms with Crippen LogP contribution in [0.2, 0.25) is 0 Å². The molecule has 0 spiro atoms. The first-order valence-electron chi connectivity index (χ1n) is 7.60. The van der Waals surface area contributed by atoms with Crippen LogP contribution in [0.25, 0.3) is 16.8 Å². The normalized spacial score (nSPS) is 16.1. The summed E-state index contributed by atoms with van der Waals surface area (Å²) in [7, 11) is 0. The maximum atomic E-state index is 14.0. The lowest BCUT2D eigenvalue weighted by atomic mass is 10.0. The number of rotatable bonds is 2. The highest BCUT2D eigenvalue weighted by Gasteiger charge is 2.26. The van der Waals surface area contributed by atoms with Crippen LogP contribution in [0.4, 0.5) is 10.1 Å². The van der Waals surface area contributed by atoms with Gasteiger partial charge in [0.25, 0.3) is 5.91 Å². The van der Waals surface area contributed by atoms with Gasteiger partial charge in [-0.15, -0.1) is 0 Å². The number of hydrogen-bond acceptors (Lipinski definition) is 4. The van der Waals surface area contributed by atoms with Crippen molar-refractivity contribution in [1.82, 2.24) is 9.88 Å². The minimum absolute atomic E-state index is 0.131. The maximum absolute atomic E-state index is 14.0. The molecule has 0 saturated heterocycles. The number of phenols is 1. The molecule has 0 aliphatic carbocycles. The number of phenolic OH excluding ortho intramolecular Hbond substituents is 1. The fourth-order valence-corrected chi connectivity index (χ4v) is 2.96. The van der Waals surface area contributed by atoms with Gasteiger partial charge in [0.15, 0.2) is 0 Å². The lowest BCUT2D eigenvalue weighted by molar-refractivity contribution is 0.0806. The molecule has 0 radical (unpaired) electrons. The average molecular weight is 339 g/mol. The highest BCUT2D eigenvalue weighted by molar-refractivity contribution is 6.00. The zero-order chi connectivity index (χ0) is 17.6. The number of aliphatic hydroxyl groups excluding tert-OH is 1. The fourth-order valence-electron chi connectivity index (χ4n) is 2.96. The van der Waals surface area contributed by atoms with E-state index in [0.717, 1.165) is 0 Å². The number of carbonyl (C=O) groups is 1. The first-order valence-corrected chi connectivity index (χ1v) is 7.60. The van der Waals surface area contributed by atoms with Crippen LogP contribution >= 0.6 is 0 Å². The molecular formula is C18H14FN3O3. The van der Waals surface area contributed by atoms with Gasteiger partial charge in [-0.25, -0.2) is 4.39 Å². The predicted octanol–water partition coefficient (Wildman–Crippen LogP) is 2.42. The Morgan fingerprint density at radius 1 is 1.04 bits per heavy atom. The Hall–Kier alpha value is -3.32. The molecule has 7 heteroatoms. The van der Waals surface area contributed by atoms with Crippen LogP contribution in [0.15, 0.2) is 54.7 Å². The Labute approximate surface area is 142 Å². The number of fused-ring (bicyclic) bond motifs is 1. The third-order valence-electron chi connectivity index (χ3n) is 4.09.